The van der Waals surface area contributed by atoms with Gasteiger partial charge in [-0.15, -0.1) is 0 Å². The highest BCUT2D eigenvalue weighted by Gasteiger charge is 2.17. The molecule has 13 heavy (non-hydrogen) atoms. The predicted octanol–water partition coefficient (Wildman–Crippen LogP) is 1.21. The summed E-state index contributed by atoms with van der Waals surface area (Å²) in [5.74, 6) is 4.22. The number of nitrogens with zero attached hydrogens (tertiary/aromatic N) is 1. The van der Waals surface area contributed by atoms with Crippen LogP contribution in [0.4, 0.5) is 0 Å². The van der Waals surface area contributed by atoms with Crippen molar-refractivity contribution in [3.63, 3.8) is 0 Å². The smallest absolute Gasteiger partial charge is 0.120 e. The topological polar surface area (TPSA) is 20.3 Å². The van der Waals surface area contributed by atoms with Crippen LogP contribution in [0.5, 0.6) is 0 Å². The summed E-state index contributed by atoms with van der Waals surface area (Å²) in [6, 6.07) is -0.0123. The predicted molar refractivity (Wildman–Crippen MR) is 51.2 cm³/mol. The molecule has 1 fully saturated rings. The summed E-state index contributed by atoms with van der Waals surface area (Å²) in [5, 5.41) is 0. The number of rotatable bonds is 3. The zero-order chi connectivity index (χ0) is 9.52. The maximum Gasteiger partial charge on any atom is 0.120 e. The lowest BCUT2D eigenvalue weighted by Gasteiger charge is -2.30. The van der Waals surface area contributed by atoms with Crippen molar-refractivity contribution in [2.45, 2.75) is 31.7 Å². The van der Waals surface area contributed by atoms with Gasteiger partial charge in [-0.25, -0.2) is 4.79 Å². The molecular weight excluding hydrogens is 162 g/mol. The second-order valence-electron chi connectivity index (χ2n) is 3.31. The highest BCUT2D eigenvalue weighted by atomic mass is 16.1. The molecule has 0 bridgehead atoms. The molecule has 0 aromatic carbocycles. The van der Waals surface area contributed by atoms with Gasteiger partial charge in [-0.3, -0.25) is 4.90 Å². The Kier molecular flexibility index (Phi) is 4.32. The Balaban J connectivity index is 2.44. The van der Waals surface area contributed by atoms with E-state index in [9.17, 15) is 4.79 Å². The molecule has 1 heterocycles. The monoisotopic (exact) mass is 176 g/mol. The summed E-state index contributed by atoms with van der Waals surface area (Å²) in [7, 11) is 0. The summed E-state index contributed by atoms with van der Waals surface area (Å²) in [4.78, 5) is 12.2. The molecule has 1 aliphatic heterocycles. The van der Waals surface area contributed by atoms with E-state index < -0.39 is 0 Å². The molecule has 69 valence electrons. The molecule has 2 nitrogen and oxygen atoms in total. The molecular formula is C11H14NO. The van der Waals surface area contributed by atoms with Crippen LogP contribution in [-0.4, -0.2) is 30.0 Å². The van der Waals surface area contributed by atoms with Crippen LogP contribution < -0.4 is 0 Å². The lowest BCUT2D eigenvalue weighted by Crippen LogP contribution is -2.38. The molecule has 0 N–H and O–H groups in total. The van der Waals surface area contributed by atoms with E-state index in [0.717, 1.165) is 13.1 Å². The van der Waals surface area contributed by atoms with Crippen LogP contribution in [0.3, 0.4) is 0 Å². The second-order valence-corrected chi connectivity index (χ2v) is 3.31. The SMILES string of the molecule is [C]#CC(CC=C=O)N1CCCCC1. The summed E-state index contributed by atoms with van der Waals surface area (Å²) >= 11 is 0. The summed E-state index contributed by atoms with van der Waals surface area (Å²) in [6.45, 7) is 2.06. The average Bonchev–Trinajstić information content (AvgIpc) is 2.21. The van der Waals surface area contributed by atoms with Gasteiger partial charge in [-0.05, 0) is 32.4 Å². The molecule has 1 rings (SSSR count). The fourth-order valence-electron chi connectivity index (χ4n) is 1.69. The minimum atomic E-state index is -0.0123. The van der Waals surface area contributed by atoms with Gasteiger partial charge in [0.05, 0.1) is 6.04 Å². The number of likely N-dealkylation sites (tertiary alicyclic amines) is 1. The Morgan fingerprint density at radius 3 is 2.62 bits per heavy atom. The van der Waals surface area contributed by atoms with Gasteiger partial charge in [0, 0.05) is 12.5 Å². The fourth-order valence-corrected chi connectivity index (χ4v) is 1.69. The van der Waals surface area contributed by atoms with Crippen LogP contribution in [-0.2, 0) is 4.79 Å². The lowest BCUT2D eigenvalue weighted by molar-refractivity contribution is 0.197. The van der Waals surface area contributed by atoms with Gasteiger partial charge in [0.25, 0.3) is 0 Å². The van der Waals surface area contributed by atoms with Crippen molar-refractivity contribution >= 4 is 5.94 Å². The molecule has 0 saturated carbocycles. The number of piperidine rings is 1. The Hall–Kier alpha value is -1.03. The van der Waals surface area contributed by atoms with Crippen LogP contribution in [0, 0.1) is 12.3 Å². The van der Waals surface area contributed by atoms with Crippen molar-refractivity contribution < 1.29 is 4.79 Å². The summed E-state index contributed by atoms with van der Waals surface area (Å²) < 4.78 is 0. The van der Waals surface area contributed by atoms with Crippen LogP contribution >= 0.6 is 0 Å². The van der Waals surface area contributed by atoms with Gasteiger partial charge in [0.15, 0.2) is 0 Å². The molecule has 1 unspecified atom stereocenters. The number of hydrogen-bond donors (Lipinski definition) is 0. The molecule has 0 amide bonds. The van der Waals surface area contributed by atoms with Crippen molar-refractivity contribution in [1.29, 1.82) is 0 Å². The van der Waals surface area contributed by atoms with Crippen LogP contribution in [0.2, 0.25) is 0 Å². The Morgan fingerprint density at radius 2 is 2.08 bits per heavy atom. The minimum Gasteiger partial charge on any atom is -0.290 e. The zero-order valence-electron chi connectivity index (χ0n) is 7.75. The third kappa shape index (κ3) is 3.06. The number of carbonyl (C=O) groups excluding carboxylic acids is 1. The standard InChI is InChI=1S/C11H14NO/c1-2-11(7-6-10-13)12-8-4-3-5-9-12/h6,11H,3-5,7-9H2. The normalized spacial score (nSPS) is 19.9. The van der Waals surface area contributed by atoms with Gasteiger partial charge in [-0.1, -0.05) is 12.3 Å². The lowest BCUT2D eigenvalue weighted by atomic mass is 10.1. The molecule has 1 aliphatic rings. The molecule has 0 aliphatic carbocycles. The quantitative estimate of drug-likeness (QED) is 0.476. The molecule has 1 saturated heterocycles. The first-order chi connectivity index (χ1) is 6.38. The van der Waals surface area contributed by atoms with Crippen LogP contribution in [0.15, 0.2) is 6.08 Å². The fraction of sp³-hybridized carbons (Fsp3) is 0.636. The first-order valence-electron chi connectivity index (χ1n) is 4.74. The van der Waals surface area contributed by atoms with Crippen molar-refractivity contribution in [3.05, 3.63) is 12.5 Å². The second kappa shape index (κ2) is 5.59. The van der Waals surface area contributed by atoms with Crippen molar-refractivity contribution in [2.24, 2.45) is 0 Å². The first-order valence-corrected chi connectivity index (χ1v) is 4.74. The van der Waals surface area contributed by atoms with E-state index >= 15 is 0 Å². The van der Waals surface area contributed by atoms with E-state index in [1.165, 1.54) is 25.3 Å². The van der Waals surface area contributed by atoms with E-state index in [0.29, 0.717) is 6.42 Å². The van der Waals surface area contributed by atoms with Crippen molar-refractivity contribution in [2.75, 3.05) is 13.1 Å². The van der Waals surface area contributed by atoms with E-state index in [2.05, 4.69) is 10.8 Å². The summed E-state index contributed by atoms with van der Waals surface area (Å²) in [6.07, 6.45) is 12.8. The molecule has 1 atom stereocenters. The highest BCUT2D eigenvalue weighted by molar-refractivity contribution is 5.45. The van der Waals surface area contributed by atoms with Crippen LogP contribution in [0.1, 0.15) is 25.7 Å². The van der Waals surface area contributed by atoms with E-state index in [-0.39, 0.29) is 6.04 Å². The van der Waals surface area contributed by atoms with E-state index in [1.807, 2.05) is 0 Å². The van der Waals surface area contributed by atoms with Crippen molar-refractivity contribution in [3.8, 4) is 5.92 Å². The van der Waals surface area contributed by atoms with Crippen LogP contribution in [0.25, 0.3) is 0 Å². The van der Waals surface area contributed by atoms with Crippen molar-refractivity contribution in [1.82, 2.24) is 4.90 Å². The first kappa shape index (κ1) is 10.1. The largest absolute Gasteiger partial charge is 0.290 e. The van der Waals surface area contributed by atoms with Gasteiger partial charge in [0.1, 0.15) is 5.94 Å². The molecule has 0 aromatic heterocycles. The Bertz CT molecular complexity index is 229. The third-order valence-electron chi connectivity index (χ3n) is 2.42. The molecule has 0 spiro atoms. The van der Waals surface area contributed by atoms with Gasteiger partial charge in [0.2, 0.25) is 0 Å². The van der Waals surface area contributed by atoms with E-state index in [4.69, 9.17) is 6.42 Å². The molecule has 1 radical (unpaired) electrons. The Labute approximate surface area is 79.6 Å². The molecule has 2 heteroatoms. The van der Waals surface area contributed by atoms with Gasteiger partial charge in [-0.2, -0.15) is 0 Å². The Morgan fingerprint density at radius 1 is 1.38 bits per heavy atom. The third-order valence-corrected chi connectivity index (χ3v) is 2.42. The highest BCUT2D eigenvalue weighted by Crippen LogP contribution is 2.13. The molecule has 0 aromatic rings. The maximum atomic E-state index is 10.0. The summed E-state index contributed by atoms with van der Waals surface area (Å²) in [5.41, 5.74) is 0. The average molecular weight is 176 g/mol. The van der Waals surface area contributed by atoms with Gasteiger partial charge >= 0.3 is 0 Å². The number of hydrogen-bond acceptors (Lipinski definition) is 2. The minimum absolute atomic E-state index is 0.0123. The zero-order valence-corrected chi connectivity index (χ0v) is 7.75. The van der Waals surface area contributed by atoms with Gasteiger partial charge < -0.3 is 0 Å². The maximum absolute atomic E-state index is 10.0. The van der Waals surface area contributed by atoms with E-state index in [1.54, 1.807) is 5.94 Å².